The molecule has 0 saturated carbocycles. The molecule has 0 aliphatic carbocycles. The minimum absolute atomic E-state index is 0.443. The molecule has 1 atom stereocenters. The summed E-state index contributed by atoms with van der Waals surface area (Å²) >= 11 is 0. The predicted octanol–water partition coefficient (Wildman–Crippen LogP) is 2.50. The number of aromatic nitrogens is 2. The first-order valence-electron chi connectivity index (χ1n) is 7.09. The van der Waals surface area contributed by atoms with E-state index >= 15 is 0 Å². The van der Waals surface area contributed by atoms with Gasteiger partial charge in [-0.2, -0.15) is 0 Å². The van der Waals surface area contributed by atoms with E-state index in [-0.39, 0.29) is 0 Å². The Balaban J connectivity index is 1.76. The van der Waals surface area contributed by atoms with Gasteiger partial charge in [-0.1, -0.05) is 18.2 Å². The highest BCUT2D eigenvalue weighted by atomic mass is 15.3. The van der Waals surface area contributed by atoms with Crippen molar-refractivity contribution in [2.75, 3.05) is 29.4 Å². The normalized spacial score (nSPS) is 19.2. The second kappa shape index (κ2) is 5.49. The third kappa shape index (κ3) is 2.46. The van der Waals surface area contributed by atoms with E-state index in [4.69, 9.17) is 0 Å². The van der Waals surface area contributed by atoms with Crippen molar-refractivity contribution in [1.29, 1.82) is 0 Å². The summed E-state index contributed by atoms with van der Waals surface area (Å²) in [5, 5.41) is 0. The molecular formula is C16H20N4. The average Bonchev–Trinajstić information content (AvgIpc) is 2.48. The van der Waals surface area contributed by atoms with Crippen LogP contribution in [0.25, 0.3) is 0 Å². The van der Waals surface area contributed by atoms with Gasteiger partial charge >= 0.3 is 0 Å². The number of rotatable bonds is 2. The molecule has 0 N–H and O–H groups in total. The first-order valence-corrected chi connectivity index (χ1v) is 7.09. The van der Waals surface area contributed by atoms with Crippen LogP contribution >= 0.6 is 0 Å². The third-order valence-corrected chi connectivity index (χ3v) is 3.94. The SMILES string of the molecule is Cc1ccccc1N1CCN(c2ccncn2)[C@@H](C)C1. The molecule has 4 nitrogen and oxygen atoms in total. The molecule has 1 aliphatic heterocycles. The van der Waals surface area contributed by atoms with E-state index in [0.717, 1.165) is 25.5 Å². The molecule has 20 heavy (non-hydrogen) atoms. The standard InChI is InChI=1S/C16H20N4/c1-13-5-3-4-6-15(13)19-9-10-20(14(2)11-19)16-7-8-17-12-18-16/h3-8,12,14H,9-11H2,1-2H3/t14-/m0/s1. The van der Waals surface area contributed by atoms with Crippen molar-refractivity contribution in [3.8, 4) is 0 Å². The topological polar surface area (TPSA) is 32.3 Å². The molecule has 0 radical (unpaired) electrons. The van der Waals surface area contributed by atoms with Crippen molar-refractivity contribution >= 4 is 11.5 Å². The van der Waals surface area contributed by atoms with Crippen molar-refractivity contribution in [3.05, 3.63) is 48.4 Å². The van der Waals surface area contributed by atoms with Crippen molar-refractivity contribution in [1.82, 2.24) is 9.97 Å². The molecule has 4 heteroatoms. The molecule has 0 spiro atoms. The lowest BCUT2D eigenvalue weighted by molar-refractivity contribution is 0.545. The number of benzene rings is 1. The molecule has 1 saturated heterocycles. The van der Waals surface area contributed by atoms with Gasteiger partial charge in [-0.05, 0) is 31.5 Å². The molecule has 0 unspecified atom stereocenters. The minimum atomic E-state index is 0.443. The molecule has 0 amide bonds. The van der Waals surface area contributed by atoms with Crippen LogP contribution in [0.4, 0.5) is 11.5 Å². The van der Waals surface area contributed by atoms with Crippen molar-refractivity contribution in [2.24, 2.45) is 0 Å². The Kier molecular flexibility index (Phi) is 3.54. The highest BCUT2D eigenvalue weighted by molar-refractivity contribution is 5.55. The van der Waals surface area contributed by atoms with Crippen LogP contribution < -0.4 is 9.80 Å². The lowest BCUT2D eigenvalue weighted by atomic mass is 10.1. The monoisotopic (exact) mass is 268 g/mol. The van der Waals surface area contributed by atoms with Gasteiger partial charge in [-0.15, -0.1) is 0 Å². The summed E-state index contributed by atoms with van der Waals surface area (Å²) in [6, 6.07) is 11.0. The van der Waals surface area contributed by atoms with Gasteiger partial charge in [0.1, 0.15) is 12.1 Å². The second-order valence-corrected chi connectivity index (χ2v) is 5.34. The highest BCUT2D eigenvalue weighted by Crippen LogP contribution is 2.24. The Labute approximate surface area is 120 Å². The van der Waals surface area contributed by atoms with Gasteiger partial charge < -0.3 is 9.80 Å². The summed E-state index contributed by atoms with van der Waals surface area (Å²) in [7, 11) is 0. The summed E-state index contributed by atoms with van der Waals surface area (Å²) in [6.07, 6.45) is 3.43. The molecule has 2 aromatic rings. The second-order valence-electron chi connectivity index (χ2n) is 5.34. The maximum atomic E-state index is 4.36. The van der Waals surface area contributed by atoms with Gasteiger partial charge in [-0.25, -0.2) is 9.97 Å². The quantitative estimate of drug-likeness (QED) is 0.837. The van der Waals surface area contributed by atoms with Crippen LogP contribution in [0.3, 0.4) is 0 Å². The molecule has 1 fully saturated rings. The van der Waals surface area contributed by atoms with Crippen molar-refractivity contribution in [2.45, 2.75) is 19.9 Å². The zero-order valence-corrected chi connectivity index (χ0v) is 12.0. The van der Waals surface area contributed by atoms with Crippen LogP contribution in [0.2, 0.25) is 0 Å². The van der Waals surface area contributed by atoms with Gasteiger partial charge in [-0.3, -0.25) is 0 Å². The average molecular weight is 268 g/mol. The fourth-order valence-electron chi connectivity index (χ4n) is 2.89. The zero-order chi connectivity index (χ0) is 13.9. The Hall–Kier alpha value is -2.10. The van der Waals surface area contributed by atoms with Crippen LogP contribution in [0.5, 0.6) is 0 Å². The van der Waals surface area contributed by atoms with Gasteiger partial charge in [0.15, 0.2) is 0 Å². The van der Waals surface area contributed by atoms with Crippen LogP contribution in [-0.2, 0) is 0 Å². The number of anilines is 2. The molecular weight excluding hydrogens is 248 g/mol. The van der Waals surface area contributed by atoms with Crippen LogP contribution in [0.15, 0.2) is 42.9 Å². The van der Waals surface area contributed by atoms with Gasteiger partial charge in [0.2, 0.25) is 0 Å². The van der Waals surface area contributed by atoms with E-state index in [1.54, 1.807) is 6.33 Å². The molecule has 1 aliphatic rings. The van der Waals surface area contributed by atoms with E-state index in [9.17, 15) is 0 Å². The Morgan fingerprint density at radius 2 is 2.00 bits per heavy atom. The van der Waals surface area contributed by atoms with E-state index in [0.29, 0.717) is 6.04 Å². The maximum absolute atomic E-state index is 4.36. The van der Waals surface area contributed by atoms with Gasteiger partial charge in [0.05, 0.1) is 0 Å². The summed E-state index contributed by atoms with van der Waals surface area (Å²) in [6.45, 7) is 7.48. The Morgan fingerprint density at radius 1 is 1.15 bits per heavy atom. The third-order valence-electron chi connectivity index (χ3n) is 3.94. The molecule has 3 rings (SSSR count). The maximum Gasteiger partial charge on any atom is 0.132 e. The smallest absolute Gasteiger partial charge is 0.132 e. The zero-order valence-electron chi connectivity index (χ0n) is 12.0. The Morgan fingerprint density at radius 3 is 2.70 bits per heavy atom. The predicted molar refractivity (Wildman–Crippen MR) is 82.2 cm³/mol. The molecule has 0 bridgehead atoms. The highest BCUT2D eigenvalue weighted by Gasteiger charge is 2.25. The fraction of sp³-hybridized carbons (Fsp3) is 0.375. The molecule has 2 heterocycles. The van der Waals surface area contributed by atoms with Crippen LogP contribution in [0.1, 0.15) is 12.5 Å². The first-order chi connectivity index (χ1) is 9.75. The number of aryl methyl sites for hydroxylation is 1. The molecule has 104 valence electrons. The number of nitrogens with zero attached hydrogens (tertiary/aromatic N) is 4. The summed E-state index contributed by atoms with van der Waals surface area (Å²) in [5.74, 6) is 1.02. The first kappa shape index (κ1) is 12.9. The van der Waals surface area contributed by atoms with Crippen LogP contribution in [-0.4, -0.2) is 35.6 Å². The Bertz CT molecular complexity index is 570. The molecule has 1 aromatic carbocycles. The lowest BCUT2D eigenvalue weighted by Gasteiger charge is -2.42. The van der Waals surface area contributed by atoms with E-state index in [1.807, 2.05) is 12.3 Å². The lowest BCUT2D eigenvalue weighted by Crippen LogP contribution is -2.52. The summed E-state index contributed by atoms with van der Waals surface area (Å²) in [5.41, 5.74) is 2.69. The van der Waals surface area contributed by atoms with Crippen molar-refractivity contribution in [3.63, 3.8) is 0 Å². The fourth-order valence-corrected chi connectivity index (χ4v) is 2.89. The van der Waals surface area contributed by atoms with E-state index < -0.39 is 0 Å². The van der Waals surface area contributed by atoms with E-state index in [1.165, 1.54) is 11.3 Å². The number of para-hydroxylation sites is 1. The van der Waals surface area contributed by atoms with E-state index in [2.05, 4.69) is 57.9 Å². The van der Waals surface area contributed by atoms with Crippen LogP contribution in [0, 0.1) is 6.92 Å². The summed E-state index contributed by atoms with van der Waals surface area (Å²) < 4.78 is 0. The summed E-state index contributed by atoms with van der Waals surface area (Å²) in [4.78, 5) is 13.2. The largest absolute Gasteiger partial charge is 0.367 e. The van der Waals surface area contributed by atoms with Crippen molar-refractivity contribution < 1.29 is 0 Å². The van der Waals surface area contributed by atoms with Gasteiger partial charge in [0.25, 0.3) is 0 Å². The minimum Gasteiger partial charge on any atom is -0.367 e. The number of hydrogen-bond acceptors (Lipinski definition) is 4. The molecule has 1 aromatic heterocycles. The number of hydrogen-bond donors (Lipinski definition) is 0. The number of piperazine rings is 1. The van der Waals surface area contributed by atoms with Gasteiger partial charge in [0, 0.05) is 37.6 Å².